The van der Waals surface area contributed by atoms with Gasteiger partial charge in [-0.3, -0.25) is 9.21 Å². The highest BCUT2D eigenvalue weighted by atomic mass is 35.5. The Labute approximate surface area is 187 Å². The minimum absolute atomic E-state index is 0.146. The van der Waals surface area contributed by atoms with Crippen molar-refractivity contribution in [3.05, 3.63) is 95.3 Å². The van der Waals surface area contributed by atoms with Gasteiger partial charge in [0, 0.05) is 30.7 Å². The van der Waals surface area contributed by atoms with Gasteiger partial charge in [-0.05, 0) is 66.9 Å². The van der Waals surface area contributed by atoms with Gasteiger partial charge >= 0.3 is 0 Å². The van der Waals surface area contributed by atoms with E-state index in [0.29, 0.717) is 23.6 Å². The molecule has 0 atom stereocenters. The largest absolute Gasteiger partial charge is 0.299 e. The van der Waals surface area contributed by atoms with Crippen LogP contribution in [0.5, 0.6) is 0 Å². The van der Waals surface area contributed by atoms with Crippen molar-refractivity contribution in [1.82, 2.24) is 4.90 Å². The molecular formula is C24H24ClFN2O2S. The van der Waals surface area contributed by atoms with Gasteiger partial charge in [-0.25, -0.2) is 12.8 Å². The highest BCUT2D eigenvalue weighted by Gasteiger charge is 2.34. The summed E-state index contributed by atoms with van der Waals surface area (Å²) >= 11 is 5.96. The number of halogens is 2. The lowest BCUT2D eigenvalue weighted by molar-refractivity contribution is 0.206. The predicted molar refractivity (Wildman–Crippen MR) is 122 cm³/mol. The van der Waals surface area contributed by atoms with Gasteiger partial charge in [-0.2, -0.15) is 0 Å². The minimum atomic E-state index is -3.74. The fourth-order valence-electron chi connectivity index (χ4n) is 4.00. The van der Waals surface area contributed by atoms with Crippen LogP contribution in [0.1, 0.15) is 18.4 Å². The number of nitrogens with zero attached hydrogens (tertiary/aromatic N) is 2. The number of rotatable bonds is 6. The molecule has 1 fully saturated rings. The molecule has 1 aliphatic rings. The molecule has 1 heterocycles. The van der Waals surface area contributed by atoms with Crippen LogP contribution in [0.25, 0.3) is 0 Å². The fraction of sp³-hybridized carbons (Fsp3) is 0.250. The van der Waals surface area contributed by atoms with Crippen molar-refractivity contribution in [2.45, 2.75) is 30.3 Å². The van der Waals surface area contributed by atoms with Crippen LogP contribution in [0, 0.1) is 5.82 Å². The highest BCUT2D eigenvalue weighted by Crippen LogP contribution is 2.31. The molecule has 4 rings (SSSR count). The number of para-hydroxylation sites is 1. The Morgan fingerprint density at radius 1 is 0.903 bits per heavy atom. The molecule has 0 saturated carbocycles. The lowest BCUT2D eigenvalue weighted by atomic mass is 10.0. The molecule has 0 amide bonds. The molecular weight excluding hydrogens is 435 g/mol. The summed E-state index contributed by atoms with van der Waals surface area (Å²) in [5.74, 6) is -0.242. The highest BCUT2D eigenvalue weighted by molar-refractivity contribution is 7.92. The zero-order valence-electron chi connectivity index (χ0n) is 17.0. The Bertz CT molecular complexity index is 1100. The molecule has 0 bridgehead atoms. The maximum atomic E-state index is 13.6. The summed E-state index contributed by atoms with van der Waals surface area (Å²) < 4.78 is 41.9. The average molecular weight is 459 g/mol. The number of sulfonamides is 1. The average Bonchev–Trinajstić information content (AvgIpc) is 2.78. The third kappa shape index (κ3) is 5.09. The van der Waals surface area contributed by atoms with Gasteiger partial charge in [0.15, 0.2) is 0 Å². The molecule has 3 aromatic rings. The second-order valence-corrected chi connectivity index (χ2v) is 9.98. The van der Waals surface area contributed by atoms with Gasteiger partial charge in [0.1, 0.15) is 5.82 Å². The SMILES string of the molecule is O=S(=O)(c1ccc(Cl)cc1)N(c1ccccc1)C1CCN(Cc2ccc(F)cc2)CC1. The monoisotopic (exact) mass is 458 g/mol. The molecule has 0 radical (unpaired) electrons. The van der Waals surface area contributed by atoms with Crippen molar-refractivity contribution in [3.8, 4) is 0 Å². The molecule has 31 heavy (non-hydrogen) atoms. The summed E-state index contributed by atoms with van der Waals surface area (Å²) in [6.07, 6.45) is 1.42. The van der Waals surface area contributed by atoms with E-state index in [1.165, 1.54) is 12.1 Å². The second kappa shape index (κ2) is 9.39. The van der Waals surface area contributed by atoms with Crippen molar-refractivity contribution in [2.24, 2.45) is 0 Å². The summed E-state index contributed by atoms with van der Waals surface area (Å²) in [5, 5.41) is 0.499. The van der Waals surface area contributed by atoms with Crippen LogP contribution in [-0.4, -0.2) is 32.4 Å². The van der Waals surface area contributed by atoms with Crippen molar-refractivity contribution in [2.75, 3.05) is 17.4 Å². The van der Waals surface area contributed by atoms with E-state index < -0.39 is 10.0 Å². The maximum absolute atomic E-state index is 13.6. The zero-order chi connectivity index (χ0) is 21.8. The molecule has 0 aliphatic carbocycles. The number of hydrogen-bond donors (Lipinski definition) is 0. The Balaban J connectivity index is 1.54. The lowest BCUT2D eigenvalue weighted by Gasteiger charge is -2.39. The van der Waals surface area contributed by atoms with E-state index >= 15 is 0 Å². The Kier molecular flexibility index (Phi) is 6.60. The summed E-state index contributed by atoms with van der Waals surface area (Å²) in [7, 11) is -3.74. The van der Waals surface area contributed by atoms with Crippen molar-refractivity contribution >= 4 is 27.3 Å². The van der Waals surface area contributed by atoms with E-state index in [0.717, 1.165) is 25.2 Å². The first kappa shape index (κ1) is 21.8. The maximum Gasteiger partial charge on any atom is 0.264 e. The van der Waals surface area contributed by atoms with Gasteiger partial charge in [-0.15, -0.1) is 0 Å². The van der Waals surface area contributed by atoms with Crippen LogP contribution in [0.2, 0.25) is 5.02 Å². The Morgan fingerprint density at radius 2 is 1.52 bits per heavy atom. The van der Waals surface area contributed by atoms with Gasteiger partial charge in [0.05, 0.1) is 10.6 Å². The fourth-order valence-corrected chi connectivity index (χ4v) is 5.84. The van der Waals surface area contributed by atoms with Crippen LogP contribution >= 0.6 is 11.6 Å². The Morgan fingerprint density at radius 3 is 2.13 bits per heavy atom. The minimum Gasteiger partial charge on any atom is -0.299 e. The zero-order valence-corrected chi connectivity index (χ0v) is 18.6. The topological polar surface area (TPSA) is 40.6 Å². The van der Waals surface area contributed by atoms with Crippen molar-refractivity contribution in [3.63, 3.8) is 0 Å². The number of piperidine rings is 1. The standard InChI is InChI=1S/C24H24ClFN2O2S/c25-20-8-12-24(13-9-20)31(29,30)28(22-4-2-1-3-5-22)23-14-16-27(17-15-23)18-19-6-10-21(26)11-7-19/h1-13,23H,14-18H2. The van der Waals surface area contributed by atoms with Crippen LogP contribution in [0.3, 0.4) is 0 Å². The molecule has 0 unspecified atom stereocenters. The van der Waals surface area contributed by atoms with Gasteiger partial charge < -0.3 is 0 Å². The first-order valence-corrected chi connectivity index (χ1v) is 12.1. The van der Waals surface area contributed by atoms with E-state index in [4.69, 9.17) is 11.6 Å². The molecule has 1 aliphatic heterocycles. The van der Waals surface area contributed by atoms with E-state index in [2.05, 4.69) is 4.90 Å². The van der Waals surface area contributed by atoms with Crippen LogP contribution in [0.4, 0.5) is 10.1 Å². The molecule has 0 N–H and O–H groups in total. The van der Waals surface area contributed by atoms with Crippen molar-refractivity contribution < 1.29 is 12.8 Å². The number of anilines is 1. The third-order valence-electron chi connectivity index (χ3n) is 5.59. The number of benzene rings is 3. The second-order valence-electron chi connectivity index (χ2n) is 7.72. The summed E-state index contributed by atoms with van der Waals surface area (Å²) in [6, 6.07) is 21.9. The van der Waals surface area contributed by atoms with E-state index in [-0.39, 0.29) is 16.8 Å². The van der Waals surface area contributed by atoms with Crippen LogP contribution < -0.4 is 4.31 Å². The molecule has 162 valence electrons. The predicted octanol–water partition coefficient (Wildman–Crippen LogP) is 5.34. The molecule has 1 saturated heterocycles. The smallest absolute Gasteiger partial charge is 0.264 e. The van der Waals surface area contributed by atoms with Gasteiger partial charge in [-0.1, -0.05) is 41.9 Å². The van der Waals surface area contributed by atoms with E-state index in [9.17, 15) is 12.8 Å². The molecule has 3 aromatic carbocycles. The van der Waals surface area contributed by atoms with Gasteiger partial charge in [0.25, 0.3) is 10.0 Å². The summed E-state index contributed by atoms with van der Waals surface area (Å²) in [6.45, 7) is 2.26. The molecule has 0 aromatic heterocycles. The van der Waals surface area contributed by atoms with Crippen molar-refractivity contribution in [1.29, 1.82) is 0 Å². The normalized spacial score (nSPS) is 15.7. The van der Waals surface area contributed by atoms with E-state index in [1.54, 1.807) is 40.7 Å². The Hall–Kier alpha value is -2.41. The first-order valence-electron chi connectivity index (χ1n) is 10.3. The first-order chi connectivity index (χ1) is 14.9. The van der Waals surface area contributed by atoms with E-state index in [1.807, 2.05) is 30.3 Å². The van der Waals surface area contributed by atoms with Crippen LogP contribution in [-0.2, 0) is 16.6 Å². The number of hydrogen-bond acceptors (Lipinski definition) is 3. The summed E-state index contributed by atoms with van der Waals surface area (Å²) in [4.78, 5) is 2.51. The quantitative estimate of drug-likeness (QED) is 0.500. The number of likely N-dealkylation sites (tertiary alicyclic amines) is 1. The third-order valence-corrected chi connectivity index (χ3v) is 7.74. The lowest BCUT2D eigenvalue weighted by Crippen LogP contribution is -2.47. The van der Waals surface area contributed by atoms with Gasteiger partial charge in [0.2, 0.25) is 0 Å². The molecule has 0 spiro atoms. The summed E-state index contributed by atoms with van der Waals surface area (Å²) in [5.41, 5.74) is 1.71. The van der Waals surface area contributed by atoms with Crippen LogP contribution in [0.15, 0.2) is 83.8 Å². The molecule has 4 nitrogen and oxygen atoms in total. The molecule has 7 heteroatoms.